The lowest BCUT2D eigenvalue weighted by atomic mass is 10.0. The van der Waals surface area contributed by atoms with Crippen LogP contribution >= 0.6 is 0 Å². The lowest BCUT2D eigenvalue weighted by Crippen LogP contribution is -2.11. The van der Waals surface area contributed by atoms with E-state index in [2.05, 4.69) is 9.98 Å². The summed E-state index contributed by atoms with van der Waals surface area (Å²) in [7, 11) is 1.58. The van der Waals surface area contributed by atoms with Gasteiger partial charge in [0.15, 0.2) is 0 Å². The average Bonchev–Trinajstić information content (AvgIpc) is 2.47. The molecule has 5 N–H and O–H groups in total. The fraction of sp³-hybridized carbons (Fsp3) is 0.133. The molecule has 108 valence electrons. The minimum absolute atomic E-state index is 0.0000596. The van der Waals surface area contributed by atoms with E-state index >= 15 is 0 Å². The molecule has 0 saturated carbocycles. The highest BCUT2D eigenvalue weighted by Gasteiger charge is 2.11. The molecule has 6 heteroatoms. The SMILES string of the molecule is CN=C(N)/C=C(\N)c1ccc(C)c2nc(C(=O)O)ccc12. The number of fused-ring (bicyclic) bond motifs is 1. The summed E-state index contributed by atoms with van der Waals surface area (Å²) in [6, 6.07) is 6.86. The van der Waals surface area contributed by atoms with Crippen molar-refractivity contribution in [3.8, 4) is 0 Å². The van der Waals surface area contributed by atoms with Gasteiger partial charge in [-0.25, -0.2) is 9.78 Å². The van der Waals surface area contributed by atoms with E-state index in [4.69, 9.17) is 16.6 Å². The molecule has 0 spiro atoms. The van der Waals surface area contributed by atoms with Crippen molar-refractivity contribution in [2.24, 2.45) is 16.5 Å². The van der Waals surface area contributed by atoms with Crippen molar-refractivity contribution < 1.29 is 9.90 Å². The number of amidine groups is 1. The van der Waals surface area contributed by atoms with Gasteiger partial charge in [-0.3, -0.25) is 4.99 Å². The summed E-state index contributed by atoms with van der Waals surface area (Å²) in [6.07, 6.45) is 1.56. The number of nitrogens with zero attached hydrogens (tertiary/aromatic N) is 2. The van der Waals surface area contributed by atoms with Crippen molar-refractivity contribution in [3.63, 3.8) is 0 Å². The van der Waals surface area contributed by atoms with Gasteiger partial charge >= 0.3 is 5.97 Å². The van der Waals surface area contributed by atoms with Crippen LogP contribution in [0.25, 0.3) is 16.6 Å². The molecule has 0 amide bonds. The van der Waals surface area contributed by atoms with Crippen molar-refractivity contribution in [3.05, 3.63) is 47.2 Å². The van der Waals surface area contributed by atoms with Gasteiger partial charge in [0.25, 0.3) is 0 Å². The second-order valence-electron chi connectivity index (χ2n) is 4.58. The Kier molecular flexibility index (Phi) is 3.89. The number of carboxylic acid groups (broad SMARTS) is 1. The number of carbonyl (C=O) groups is 1. The Labute approximate surface area is 121 Å². The lowest BCUT2D eigenvalue weighted by Gasteiger charge is -2.09. The first-order valence-corrected chi connectivity index (χ1v) is 6.27. The quantitative estimate of drug-likeness (QED) is 0.584. The average molecular weight is 284 g/mol. The summed E-state index contributed by atoms with van der Waals surface area (Å²) < 4.78 is 0. The second kappa shape index (κ2) is 5.62. The maximum Gasteiger partial charge on any atom is 0.354 e. The molecular formula is C15H16N4O2. The minimum atomic E-state index is -1.06. The first kappa shape index (κ1) is 14.5. The number of aliphatic imine (C=N–C) groups is 1. The Balaban J connectivity index is 2.70. The highest BCUT2D eigenvalue weighted by Crippen LogP contribution is 2.24. The largest absolute Gasteiger partial charge is 0.477 e. The number of benzene rings is 1. The van der Waals surface area contributed by atoms with Crippen LogP contribution < -0.4 is 11.5 Å². The molecule has 0 saturated heterocycles. The van der Waals surface area contributed by atoms with E-state index in [0.717, 1.165) is 16.5 Å². The highest BCUT2D eigenvalue weighted by molar-refractivity contribution is 6.02. The molecule has 0 atom stereocenters. The molecular weight excluding hydrogens is 268 g/mol. The molecule has 1 aromatic heterocycles. The third-order valence-electron chi connectivity index (χ3n) is 3.15. The predicted octanol–water partition coefficient (Wildman–Crippen LogP) is 1.53. The fourth-order valence-electron chi connectivity index (χ4n) is 2.03. The van der Waals surface area contributed by atoms with Crippen molar-refractivity contribution >= 4 is 28.4 Å². The molecule has 0 aliphatic rings. The zero-order valence-corrected chi connectivity index (χ0v) is 11.8. The maximum absolute atomic E-state index is 11.0. The molecule has 1 aromatic carbocycles. The molecule has 21 heavy (non-hydrogen) atoms. The van der Waals surface area contributed by atoms with Gasteiger partial charge in [0, 0.05) is 29.8 Å². The first-order valence-electron chi connectivity index (χ1n) is 6.27. The molecule has 2 rings (SSSR count). The monoisotopic (exact) mass is 284 g/mol. The van der Waals surface area contributed by atoms with Crippen LogP contribution in [0.3, 0.4) is 0 Å². The Bertz CT molecular complexity index is 779. The third kappa shape index (κ3) is 2.84. The van der Waals surface area contributed by atoms with Crippen LogP contribution in [0.15, 0.2) is 35.3 Å². The number of aryl methyl sites for hydroxylation is 1. The van der Waals surface area contributed by atoms with E-state index in [9.17, 15) is 4.79 Å². The number of hydrogen-bond donors (Lipinski definition) is 3. The van der Waals surface area contributed by atoms with E-state index in [1.54, 1.807) is 19.2 Å². The number of hydrogen-bond acceptors (Lipinski definition) is 4. The normalized spacial score (nSPS) is 12.7. The van der Waals surface area contributed by atoms with Crippen molar-refractivity contribution in [1.82, 2.24) is 4.98 Å². The molecule has 1 heterocycles. The topological polar surface area (TPSA) is 115 Å². The number of rotatable bonds is 3. The van der Waals surface area contributed by atoms with Crippen LogP contribution in [-0.2, 0) is 0 Å². The lowest BCUT2D eigenvalue weighted by molar-refractivity contribution is 0.0691. The van der Waals surface area contributed by atoms with Crippen molar-refractivity contribution in [2.45, 2.75) is 6.92 Å². The maximum atomic E-state index is 11.0. The van der Waals surface area contributed by atoms with Gasteiger partial charge < -0.3 is 16.6 Å². The Morgan fingerprint density at radius 3 is 2.62 bits per heavy atom. The molecule has 6 nitrogen and oxygen atoms in total. The number of carboxylic acids is 1. The van der Waals surface area contributed by atoms with E-state index in [1.165, 1.54) is 6.07 Å². The van der Waals surface area contributed by atoms with Gasteiger partial charge in [-0.1, -0.05) is 12.1 Å². The van der Waals surface area contributed by atoms with Crippen LogP contribution in [-0.4, -0.2) is 28.9 Å². The zero-order valence-electron chi connectivity index (χ0n) is 11.8. The summed E-state index contributed by atoms with van der Waals surface area (Å²) in [4.78, 5) is 19.0. The zero-order chi connectivity index (χ0) is 15.6. The third-order valence-corrected chi connectivity index (χ3v) is 3.15. The Hall–Kier alpha value is -2.89. The smallest absolute Gasteiger partial charge is 0.354 e. The van der Waals surface area contributed by atoms with Gasteiger partial charge in [0.1, 0.15) is 11.5 Å². The minimum Gasteiger partial charge on any atom is -0.477 e. The first-order chi connectivity index (χ1) is 9.93. The number of aromatic nitrogens is 1. The standard InChI is InChI=1S/C15H16N4O2/c1-8-3-4-9(11(16)7-13(17)18-2)10-5-6-12(15(20)21)19-14(8)10/h3-7H,16H2,1-2H3,(H2,17,18)(H,20,21)/b11-7-. The number of nitrogens with two attached hydrogens (primary N) is 2. The molecule has 0 aliphatic heterocycles. The molecule has 0 unspecified atom stereocenters. The van der Waals surface area contributed by atoms with Gasteiger partial charge in [-0.05, 0) is 24.6 Å². The molecule has 0 bridgehead atoms. The van der Waals surface area contributed by atoms with E-state index in [1.807, 2.05) is 19.1 Å². The van der Waals surface area contributed by atoms with E-state index in [0.29, 0.717) is 17.0 Å². The van der Waals surface area contributed by atoms with Crippen LogP contribution in [0.5, 0.6) is 0 Å². The summed E-state index contributed by atoms with van der Waals surface area (Å²) in [5, 5.41) is 9.81. The molecule has 0 radical (unpaired) electrons. The van der Waals surface area contributed by atoms with Gasteiger partial charge in [0.2, 0.25) is 0 Å². The van der Waals surface area contributed by atoms with Gasteiger partial charge in [-0.15, -0.1) is 0 Å². The summed E-state index contributed by atoms with van der Waals surface area (Å²) in [6.45, 7) is 1.87. The summed E-state index contributed by atoms with van der Waals surface area (Å²) >= 11 is 0. The Morgan fingerprint density at radius 1 is 1.29 bits per heavy atom. The van der Waals surface area contributed by atoms with E-state index in [-0.39, 0.29) is 5.69 Å². The van der Waals surface area contributed by atoms with E-state index < -0.39 is 5.97 Å². The number of pyridine rings is 1. The molecule has 0 fully saturated rings. The molecule has 2 aromatic rings. The van der Waals surface area contributed by atoms with Crippen LogP contribution in [0, 0.1) is 6.92 Å². The number of aromatic carboxylic acids is 1. The van der Waals surface area contributed by atoms with Gasteiger partial charge in [0.05, 0.1) is 5.52 Å². The fourth-order valence-corrected chi connectivity index (χ4v) is 2.03. The molecule has 0 aliphatic carbocycles. The van der Waals surface area contributed by atoms with Gasteiger partial charge in [-0.2, -0.15) is 0 Å². The Morgan fingerprint density at radius 2 is 2.00 bits per heavy atom. The van der Waals surface area contributed by atoms with Crippen LogP contribution in [0.4, 0.5) is 0 Å². The van der Waals surface area contributed by atoms with Crippen LogP contribution in [0.2, 0.25) is 0 Å². The van der Waals surface area contributed by atoms with Crippen molar-refractivity contribution in [2.75, 3.05) is 7.05 Å². The summed E-state index contributed by atoms with van der Waals surface area (Å²) in [5.41, 5.74) is 14.4. The van der Waals surface area contributed by atoms with Crippen LogP contribution in [0.1, 0.15) is 21.6 Å². The highest BCUT2D eigenvalue weighted by atomic mass is 16.4. The summed E-state index contributed by atoms with van der Waals surface area (Å²) in [5.74, 6) is -0.746. The second-order valence-corrected chi connectivity index (χ2v) is 4.58. The van der Waals surface area contributed by atoms with Crippen molar-refractivity contribution in [1.29, 1.82) is 0 Å². The predicted molar refractivity (Wildman–Crippen MR) is 83.2 cm³/mol.